The molecule has 196 valence electrons. The molecule has 4 atom stereocenters. The molecule has 0 aliphatic carbocycles. The van der Waals surface area contributed by atoms with Crippen LogP contribution in [0.4, 0.5) is 15.8 Å². The number of aliphatic hydroxyl groups is 2. The maximum absolute atomic E-state index is 13.0. The van der Waals surface area contributed by atoms with Crippen molar-refractivity contribution in [3.05, 3.63) is 47.8 Å². The van der Waals surface area contributed by atoms with E-state index >= 15 is 0 Å². The second kappa shape index (κ2) is 12.7. The van der Waals surface area contributed by atoms with Crippen molar-refractivity contribution in [2.45, 2.75) is 44.1 Å². The molecule has 0 radical (unpaired) electrons. The monoisotopic (exact) mass is 629 g/mol. The van der Waals surface area contributed by atoms with Crippen molar-refractivity contribution in [3.8, 4) is 0 Å². The fraction of sp³-hybridized carbons (Fsp3) is 0.435. The molecule has 0 unspecified atom stereocenters. The number of alkyl halides is 1. The van der Waals surface area contributed by atoms with Gasteiger partial charge >= 0.3 is 0 Å². The third-order valence-corrected chi connectivity index (χ3v) is 7.40. The summed E-state index contributed by atoms with van der Waals surface area (Å²) in [5.74, 6) is 4.38. The molecule has 36 heavy (non-hydrogen) atoms. The van der Waals surface area contributed by atoms with E-state index in [1.807, 2.05) is 18.2 Å². The lowest BCUT2D eigenvalue weighted by molar-refractivity contribution is -0.154. The molecule has 1 aliphatic rings. The van der Waals surface area contributed by atoms with Gasteiger partial charge in [0.2, 0.25) is 0 Å². The number of carbonyl (C=O) groups is 2. The molecular formula is C23H32IN7O4S. The Balaban J connectivity index is 1.62. The molecule has 1 fully saturated rings. The molecule has 3 rings (SSSR count). The molecule has 2 aromatic rings. The number of halogens is 1. The molecule has 1 aromatic carbocycles. The van der Waals surface area contributed by atoms with Crippen molar-refractivity contribution < 1.29 is 19.8 Å². The van der Waals surface area contributed by atoms with Gasteiger partial charge in [-0.3, -0.25) is 14.6 Å². The van der Waals surface area contributed by atoms with Crippen LogP contribution in [0.25, 0.3) is 0 Å². The van der Waals surface area contributed by atoms with Crippen molar-refractivity contribution in [1.29, 1.82) is 0 Å². The summed E-state index contributed by atoms with van der Waals surface area (Å²) in [6.45, 7) is 2.11. The first-order valence-electron chi connectivity index (χ1n) is 11.4. The number of nitrogens with zero attached hydrogens (tertiary/aromatic N) is 3. The first kappa shape index (κ1) is 28.1. The number of nitrogens with two attached hydrogens (primary N) is 2. The molecule has 13 heteroatoms. The third-order valence-electron chi connectivity index (χ3n) is 5.97. The van der Waals surface area contributed by atoms with Crippen molar-refractivity contribution in [2.75, 3.05) is 34.1 Å². The second-order valence-electron chi connectivity index (χ2n) is 8.37. The first-order valence-corrected chi connectivity index (χ1v) is 13.8. The van der Waals surface area contributed by atoms with Gasteiger partial charge in [0.1, 0.15) is 5.00 Å². The normalized spacial score (nSPS) is 18.2. The van der Waals surface area contributed by atoms with E-state index in [0.717, 1.165) is 15.7 Å². The Labute approximate surface area is 227 Å². The average molecular weight is 630 g/mol. The predicted octanol–water partition coefficient (Wildman–Crippen LogP) is 1.66. The Morgan fingerprint density at radius 1 is 1.33 bits per heavy atom. The van der Waals surface area contributed by atoms with Crippen LogP contribution in [0.2, 0.25) is 0 Å². The van der Waals surface area contributed by atoms with Gasteiger partial charge in [-0.2, -0.15) is 0 Å². The average Bonchev–Trinajstić information content (AvgIpc) is 3.51. The van der Waals surface area contributed by atoms with Gasteiger partial charge < -0.3 is 31.5 Å². The van der Waals surface area contributed by atoms with E-state index in [9.17, 15) is 19.8 Å². The van der Waals surface area contributed by atoms with Crippen molar-refractivity contribution in [3.63, 3.8) is 0 Å². The number of rotatable bonds is 10. The fourth-order valence-electron chi connectivity index (χ4n) is 4.01. The number of amides is 2. The van der Waals surface area contributed by atoms with Crippen LogP contribution in [-0.4, -0.2) is 62.1 Å². The van der Waals surface area contributed by atoms with E-state index in [1.54, 1.807) is 32.3 Å². The van der Waals surface area contributed by atoms with Crippen molar-refractivity contribution in [2.24, 2.45) is 5.84 Å². The fourth-order valence-corrected chi connectivity index (χ4v) is 4.98. The second-order valence-corrected chi connectivity index (χ2v) is 10.3. The van der Waals surface area contributed by atoms with Crippen molar-refractivity contribution >= 4 is 61.6 Å². The van der Waals surface area contributed by atoms with Gasteiger partial charge in [0.25, 0.3) is 11.8 Å². The Kier molecular flexibility index (Phi) is 9.90. The highest BCUT2D eigenvalue weighted by Gasteiger charge is 2.40. The van der Waals surface area contributed by atoms with Gasteiger partial charge in [-0.1, -0.05) is 52.1 Å². The van der Waals surface area contributed by atoms with Gasteiger partial charge in [0.05, 0.1) is 23.5 Å². The molecule has 2 amide bonds. The molecule has 1 aliphatic heterocycles. The van der Waals surface area contributed by atoms with Crippen LogP contribution < -0.4 is 27.2 Å². The SMILES string of the molecule is CNc1nc([C@H]2CCCN2C(=O)[C@H](O)[C@@H](O)C(=O)N[C@H](C)c2ccc(N(N)/C=C\CI)cc2)c(N)s1. The zero-order valence-corrected chi connectivity index (χ0v) is 23.1. The molecule has 0 spiro atoms. The van der Waals surface area contributed by atoms with E-state index < -0.39 is 36.1 Å². The minimum atomic E-state index is -1.93. The number of anilines is 3. The summed E-state index contributed by atoms with van der Waals surface area (Å²) in [6, 6.07) is 6.32. The van der Waals surface area contributed by atoms with Gasteiger partial charge in [-0.25, -0.2) is 10.8 Å². The predicted molar refractivity (Wildman–Crippen MR) is 149 cm³/mol. The van der Waals surface area contributed by atoms with Crippen LogP contribution in [0, 0.1) is 0 Å². The lowest BCUT2D eigenvalue weighted by Gasteiger charge is -2.28. The molecule has 0 saturated carbocycles. The molecule has 2 heterocycles. The zero-order valence-electron chi connectivity index (χ0n) is 20.1. The number of allylic oxidation sites excluding steroid dienone is 1. The summed E-state index contributed by atoms with van der Waals surface area (Å²) in [6.07, 6.45) is 1.14. The van der Waals surface area contributed by atoms with Gasteiger partial charge in [-0.15, -0.1) is 0 Å². The number of nitrogens with one attached hydrogen (secondary N) is 2. The van der Waals surface area contributed by atoms with E-state index in [-0.39, 0.29) is 0 Å². The number of hydrogen-bond acceptors (Lipinski definition) is 10. The highest BCUT2D eigenvalue weighted by molar-refractivity contribution is 14.1. The lowest BCUT2D eigenvalue weighted by Crippen LogP contribution is -2.51. The molecule has 1 aromatic heterocycles. The van der Waals surface area contributed by atoms with E-state index in [2.05, 4.69) is 38.2 Å². The summed E-state index contributed by atoms with van der Waals surface area (Å²) in [5.41, 5.74) is 8.18. The van der Waals surface area contributed by atoms with Crippen LogP contribution in [0.5, 0.6) is 0 Å². The Morgan fingerprint density at radius 3 is 2.64 bits per heavy atom. The first-order chi connectivity index (χ1) is 17.2. The summed E-state index contributed by atoms with van der Waals surface area (Å²) < 4.78 is 0.831. The molecule has 11 nitrogen and oxygen atoms in total. The number of thiazole rings is 1. The van der Waals surface area contributed by atoms with Crippen LogP contribution in [0.3, 0.4) is 0 Å². The van der Waals surface area contributed by atoms with Crippen LogP contribution in [0.1, 0.15) is 43.1 Å². The van der Waals surface area contributed by atoms with E-state index in [1.165, 1.54) is 21.2 Å². The van der Waals surface area contributed by atoms with Crippen LogP contribution >= 0.6 is 33.9 Å². The van der Waals surface area contributed by atoms with Gasteiger partial charge in [0, 0.05) is 24.2 Å². The molecular weight excluding hydrogens is 597 g/mol. The lowest BCUT2D eigenvalue weighted by atomic mass is 10.1. The van der Waals surface area contributed by atoms with Crippen LogP contribution in [-0.2, 0) is 9.59 Å². The third kappa shape index (κ3) is 6.45. The van der Waals surface area contributed by atoms with E-state index in [4.69, 9.17) is 11.6 Å². The number of benzene rings is 1. The summed E-state index contributed by atoms with van der Waals surface area (Å²) in [5, 5.41) is 29.2. The maximum atomic E-state index is 13.0. The highest BCUT2D eigenvalue weighted by atomic mass is 127. The van der Waals surface area contributed by atoms with E-state index in [0.29, 0.717) is 35.2 Å². The smallest absolute Gasteiger partial charge is 0.255 e. The molecule has 0 bridgehead atoms. The number of nitrogen functional groups attached to an aromatic ring is 1. The number of hydrazine groups is 1. The minimum absolute atomic E-state index is 0.370. The van der Waals surface area contributed by atoms with Gasteiger partial charge in [-0.05, 0) is 37.5 Å². The summed E-state index contributed by atoms with van der Waals surface area (Å²) in [4.78, 5) is 31.6. The number of likely N-dealkylation sites (tertiary alicyclic amines) is 1. The highest BCUT2D eigenvalue weighted by Crippen LogP contribution is 2.38. The number of carbonyl (C=O) groups excluding carboxylic acids is 2. The maximum Gasteiger partial charge on any atom is 0.255 e. The molecule has 8 N–H and O–H groups in total. The van der Waals surface area contributed by atoms with Gasteiger partial charge in [0.15, 0.2) is 17.3 Å². The Hall–Kier alpha value is -2.46. The minimum Gasteiger partial charge on any atom is -0.389 e. The van der Waals surface area contributed by atoms with Crippen molar-refractivity contribution in [1.82, 2.24) is 15.2 Å². The summed E-state index contributed by atoms with van der Waals surface area (Å²) >= 11 is 3.49. The number of aliphatic hydroxyl groups excluding tert-OH is 2. The summed E-state index contributed by atoms with van der Waals surface area (Å²) in [7, 11) is 1.73. The van der Waals surface area contributed by atoms with Crippen LogP contribution in [0.15, 0.2) is 36.5 Å². The number of hydrogen-bond donors (Lipinski definition) is 6. The Bertz CT molecular complexity index is 1080. The quantitative estimate of drug-likeness (QED) is 0.0991. The largest absolute Gasteiger partial charge is 0.389 e. The Morgan fingerprint density at radius 2 is 2.03 bits per heavy atom. The number of aromatic nitrogens is 1. The zero-order chi connectivity index (χ0) is 26.4. The standard InChI is InChI=1S/C23H32IN7O4S/c1-13(14-6-8-15(9-7-14)31(26)12-4-10-24)28-21(34)18(32)19(33)22(35)30-11-3-5-16(30)17-20(25)36-23(27-2)29-17/h4,6-9,12-13,16,18-19,32-33H,3,5,10-11,25-26H2,1-2H3,(H,27,29)(H,28,34)/b12-4-/t13-,16-,18-,19-/m1/s1. The molecule has 1 saturated heterocycles. The topological polar surface area (TPSA) is 170 Å².